The van der Waals surface area contributed by atoms with Crippen molar-refractivity contribution in [2.75, 3.05) is 0 Å². The van der Waals surface area contributed by atoms with E-state index in [1.54, 1.807) is 0 Å². The van der Waals surface area contributed by atoms with Gasteiger partial charge in [-0.3, -0.25) is 0 Å². The van der Waals surface area contributed by atoms with Crippen molar-refractivity contribution >= 4 is 0 Å². The zero-order chi connectivity index (χ0) is 5.98. The van der Waals surface area contributed by atoms with Gasteiger partial charge in [0.25, 0.3) is 0 Å². The van der Waals surface area contributed by atoms with Crippen molar-refractivity contribution in [2.45, 2.75) is 7.43 Å². The van der Waals surface area contributed by atoms with Crippen LogP contribution in [0.4, 0.5) is 0 Å². The maximum atomic E-state index is 2.00. The summed E-state index contributed by atoms with van der Waals surface area (Å²) in [5, 5.41) is 0. The van der Waals surface area contributed by atoms with E-state index in [4.69, 9.17) is 0 Å². The van der Waals surface area contributed by atoms with Gasteiger partial charge in [0.1, 0.15) is 14.1 Å². The molecule has 1 rings (SSSR count). The van der Waals surface area contributed by atoms with Crippen molar-refractivity contribution in [1.29, 1.82) is 0 Å². The summed E-state index contributed by atoms with van der Waals surface area (Å²) in [5.41, 5.74) is 0. The fourth-order valence-corrected chi connectivity index (χ4v) is 0.520. The summed E-state index contributed by atoms with van der Waals surface area (Å²) in [7, 11) is 4.00. The normalized spacial score (nSPS) is 8.22. The molecule has 2 nitrogen and oxygen atoms in total. The number of hydrogen-bond acceptors (Lipinski definition) is 0. The largest absolute Gasteiger partial charge is 0.233 e. The topological polar surface area (TPSA) is 7.76 Å². The number of rotatable bonds is 0. The van der Waals surface area contributed by atoms with Gasteiger partial charge < -0.3 is 0 Å². The van der Waals surface area contributed by atoms with Gasteiger partial charge in [0.2, 0.25) is 24.8 Å². The lowest BCUT2D eigenvalue weighted by Gasteiger charge is -1.80. The minimum atomic E-state index is 0. The molecule has 0 atom stereocenters. The van der Waals surface area contributed by atoms with Gasteiger partial charge in [-0.25, -0.2) is 0 Å². The molecule has 0 aliphatic heterocycles. The zero-order valence-electron chi connectivity index (χ0n) is 5.20. The minimum absolute atomic E-state index is 0. The summed E-state index contributed by atoms with van der Waals surface area (Å²) in [6.07, 6.45) is 8.00. The molecule has 2 heteroatoms. The van der Waals surface area contributed by atoms with Gasteiger partial charge in [-0.15, -0.1) is 0 Å². The quantitative estimate of drug-likeness (QED) is 0.431. The summed E-state index contributed by atoms with van der Waals surface area (Å²) in [4.78, 5) is 0. The van der Waals surface area contributed by atoms with E-state index in [2.05, 4.69) is 0 Å². The molecule has 0 radical (unpaired) electrons. The van der Waals surface area contributed by atoms with Crippen LogP contribution in [0.25, 0.3) is 0 Å². The molecule has 0 saturated heterocycles. The molecule has 0 aliphatic carbocycles. The first-order valence-electron chi connectivity index (χ1n) is 2.59. The maximum Gasteiger partial charge on any atom is 0.233 e. The fraction of sp³-hybridized carbons (Fsp3) is 0.429. The summed E-state index contributed by atoms with van der Waals surface area (Å²) in [5.74, 6) is 0. The first kappa shape index (κ1) is 8.08. The van der Waals surface area contributed by atoms with Crippen LogP contribution in [0, 0.1) is 0 Å². The molecule has 1 aromatic heterocycles. The molecule has 9 heavy (non-hydrogen) atoms. The van der Waals surface area contributed by atoms with Crippen LogP contribution in [0.15, 0.2) is 24.8 Å². The van der Waals surface area contributed by atoms with Gasteiger partial charge >= 0.3 is 0 Å². The summed E-state index contributed by atoms with van der Waals surface area (Å²) < 4.78 is 4.00. The third-order valence-corrected chi connectivity index (χ3v) is 1.07. The Hall–Kier alpha value is -0.920. The molecule has 1 aromatic rings. The highest BCUT2D eigenvalue weighted by Crippen LogP contribution is 1.60. The van der Waals surface area contributed by atoms with Crippen LogP contribution < -0.4 is 9.13 Å². The number of hydrogen-bond donors (Lipinski definition) is 0. The number of aromatic nitrogens is 2. The molecule has 0 bridgehead atoms. The summed E-state index contributed by atoms with van der Waals surface area (Å²) >= 11 is 0. The van der Waals surface area contributed by atoms with Gasteiger partial charge in [-0.05, 0) is 0 Å². The van der Waals surface area contributed by atoms with Gasteiger partial charge in [0.05, 0.1) is 0 Å². The number of nitrogens with zero attached hydrogens (tertiary/aromatic N) is 2. The Labute approximate surface area is 56.4 Å². The molecule has 0 aromatic carbocycles. The first-order chi connectivity index (χ1) is 3.79. The Morgan fingerprint density at radius 3 is 1.22 bits per heavy atom. The fourth-order valence-electron chi connectivity index (χ4n) is 0.520. The molecule has 0 saturated carbocycles. The van der Waals surface area contributed by atoms with Crippen LogP contribution in [0.1, 0.15) is 7.43 Å². The monoisotopic (exact) mass is 126 g/mol. The molecular weight excluding hydrogens is 112 g/mol. The zero-order valence-corrected chi connectivity index (χ0v) is 5.20. The van der Waals surface area contributed by atoms with Crippen molar-refractivity contribution in [1.82, 2.24) is 0 Å². The lowest BCUT2D eigenvalue weighted by molar-refractivity contribution is -0.727. The lowest BCUT2D eigenvalue weighted by atomic mass is 10.7. The van der Waals surface area contributed by atoms with Gasteiger partial charge in [0, 0.05) is 0 Å². The van der Waals surface area contributed by atoms with Gasteiger partial charge in [0.15, 0.2) is 0 Å². The molecule has 1 heterocycles. The second-order valence-corrected chi connectivity index (χ2v) is 1.93. The van der Waals surface area contributed by atoms with E-state index < -0.39 is 0 Å². The van der Waals surface area contributed by atoms with E-state index >= 15 is 0 Å². The van der Waals surface area contributed by atoms with Crippen LogP contribution in [0.2, 0.25) is 0 Å². The molecule has 0 spiro atoms. The summed E-state index contributed by atoms with van der Waals surface area (Å²) in [6.45, 7) is 0. The summed E-state index contributed by atoms with van der Waals surface area (Å²) in [6, 6.07) is 0. The van der Waals surface area contributed by atoms with Gasteiger partial charge in [-0.1, -0.05) is 7.43 Å². The van der Waals surface area contributed by atoms with Crippen LogP contribution in [0.3, 0.4) is 0 Å². The molecule has 0 unspecified atom stereocenters. The van der Waals surface area contributed by atoms with Crippen LogP contribution in [0.5, 0.6) is 0 Å². The average Bonchev–Trinajstić information content (AvgIpc) is 1.77. The molecule has 0 N–H and O–H groups in total. The van der Waals surface area contributed by atoms with E-state index in [1.807, 2.05) is 48.0 Å². The Morgan fingerprint density at radius 1 is 0.778 bits per heavy atom. The first-order valence-corrected chi connectivity index (χ1v) is 2.59. The standard InChI is InChI=1S/C6H10N2.CH4/c1-7-3-5-8(2)6-4-7;/h3-6H,1-2H3;1H4/q+2;. The molecule has 0 fully saturated rings. The van der Waals surface area contributed by atoms with E-state index in [0.717, 1.165) is 0 Å². The van der Waals surface area contributed by atoms with Crippen molar-refractivity contribution in [3.8, 4) is 0 Å². The second-order valence-electron chi connectivity index (χ2n) is 1.93. The Bertz CT molecular complexity index is 146. The highest BCUT2D eigenvalue weighted by molar-refractivity contribution is 4.50. The number of aryl methyl sites for hydroxylation is 2. The minimum Gasteiger partial charge on any atom is -0.197 e. The van der Waals surface area contributed by atoms with E-state index in [9.17, 15) is 0 Å². The van der Waals surface area contributed by atoms with Crippen molar-refractivity contribution in [3.05, 3.63) is 24.8 Å². The van der Waals surface area contributed by atoms with Gasteiger partial charge in [-0.2, -0.15) is 9.13 Å². The molecule has 50 valence electrons. The Balaban J connectivity index is 0.000000640. The predicted molar refractivity (Wildman–Crippen MR) is 35.5 cm³/mol. The SMILES string of the molecule is C.C[n+]1cc[n+](C)cc1. The average molecular weight is 126 g/mol. The smallest absolute Gasteiger partial charge is 0.197 e. The van der Waals surface area contributed by atoms with Crippen molar-refractivity contribution in [2.24, 2.45) is 14.1 Å². The molecule has 0 aliphatic rings. The van der Waals surface area contributed by atoms with Crippen LogP contribution >= 0.6 is 0 Å². The van der Waals surface area contributed by atoms with Crippen molar-refractivity contribution in [3.63, 3.8) is 0 Å². The Morgan fingerprint density at radius 2 is 1.00 bits per heavy atom. The van der Waals surface area contributed by atoms with Crippen LogP contribution in [-0.2, 0) is 14.1 Å². The molecule has 0 amide bonds. The third kappa shape index (κ3) is 2.22. The maximum absolute atomic E-state index is 2.00. The molecular formula is C7H14N2+2. The van der Waals surface area contributed by atoms with E-state index in [-0.39, 0.29) is 7.43 Å². The highest BCUT2D eigenvalue weighted by atomic mass is 15.0. The lowest BCUT2D eigenvalue weighted by Crippen LogP contribution is -2.36. The van der Waals surface area contributed by atoms with E-state index in [1.165, 1.54) is 0 Å². The Kier molecular flexibility index (Phi) is 2.85. The van der Waals surface area contributed by atoms with Crippen molar-refractivity contribution < 1.29 is 9.13 Å². The van der Waals surface area contributed by atoms with Crippen LogP contribution in [-0.4, -0.2) is 0 Å². The predicted octanol–water partition coefficient (Wildman–Crippen LogP) is -0.0283. The van der Waals surface area contributed by atoms with E-state index in [0.29, 0.717) is 0 Å². The third-order valence-electron chi connectivity index (χ3n) is 1.07. The highest BCUT2D eigenvalue weighted by Gasteiger charge is 1.92. The second kappa shape index (κ2) is 3.17.